The van der Waals surface area contributed by atoms with Gasteiger partial charge in [0.15, 0.2) is 5.82 Å². The van der Waals surface area contributed by atoms with Gasteiger partial charge in [0.05, 0.1) is 17.1 Å². The number of benzene rings is 2. The number of sulfonamides is 1. The zero-order valence-electron chi connectivity index (χ0n) is 15.7. The molecule has 2 N–H and O–H groups in total. The molecule has 1 amide bonds. The monoisotopic (exact) mass is 400 g/mol. The summed E-state index contributed by atoms with van der Waals surface area (Å²) < 4.78 is 29.1. The highest BCUT2D eigenvalue weighted by atomic mass is 32.2. The van der Waals surface area contributed by atoms with Crippen molar-refractivity contribution in [1.82, 2.24) is 24.9 Å². The summed E-state index contributed by atoms with van der Waals surface area (Å²) in [5.74, 6) is 0.133. The van der Waals surface area contributed by atoms with Crippen molar-refractivity contribution in [1.29, 1.82) is 0 Å². The summed E-state index contributed by atoms with van der Waals surface area (Å²) in [4.78, 5) is 11.1. The quantitative estimate of drug-likeness (QED) is 0.650. The summed E-state index contributed by atoms with van der Waals surface area (Å²) in [7, 11) is -3.77. The number of hydrogen-bond donors (Lipinski definition) is 2. The molecule has 146 valence electrons. The van der Waals surface area contributed by atoms with Crippen LogP contribution in [0.4, 0.5) is 5.69 Å². The molecule has 2 aromatic carbocycles. The van der Waals surface area contributed by atoms with Crippen LogP contribution < -0.4 is 10.0 Å². The first kappa shape index (κ1) is 19.6. The molecule has 0 aliphatic rings. The van der Waals surface area contributed by atoms with Crippen LogP contribution in [-0.4, -0.2) is 34.5 Å². The molecule has 0 atom stereocenters. The number of nitrogens with zero attached hydrogens (tertiary/aromatic N) is 4. The Morgan fingerprint density at radius 1 is 1.07 bits per heavy atom. The number of carbonyl (C=O) groups is 1. The van der Waals surface area contributed by atoms with Crippen molar-refractivity contribution in [3.63, 3.8) is 0 Å². The van der Waals surface area contributed by atoms with E-state index in [9.17, 15) is 13.2 Å². The van der Waals surface area contributed by atoms with Crippen LogP contribution in [0.15, 0.2) is 47.4 Å². The van der Waals surface area contributed by atoms with E-state index in [1.165, 1.54) is 35.9 Å². The molecule has 0 unspecified atom stereocenters. The van der Waals surface area contributed by atoms with E-state index < -0.39 is 10.0 Å². The van der Waals surface area contributed by atoms with Crippen molar-refractivity contribution in [3.8, 4) is 5.69 Å². The SMILES string of the molecule is CC(=O)Nc1ccc(S(=O)(=O)NCc2nnnn2-c2ccc(C)c(C)c2)cc1. The van der Waals surface area contributed by atoms with E-state index >= 15 is 0 Å². The van der Waals surface area contributed by atoms with Gasteiger partial charge in [-0.2, -0.15) is 4.68 Å². The Morgan fingerprint density at radius 3 is 2.43 bits per heavy atom. The molecule has 0 bridgehead atoms. The van der Waals surface area contributed by atoms with Crippen LogP contribution in [0.1, 0.15) is 23.9 Å². The Bertz CT molecular complexity index is 1110. The number of carbonyl (C=O) groups excluding carboxylic acids is 1. The average Bonchev–Trinajstić information content (AvgIpc) is 3.11. The smallest absolute Gasteiger partial charge is 0.240 e. The van der Waals surface area contributed by atoms with E-state index in [-0.39, 0.29) is 17.3 Å². The number of rotatable bonds is 6. The van der Waals surface area contributed by atoms with Crippen LogP contribution in [0.2, 0.25) is 0 Å². The number of tetrazole rings is 1. The van der Waals surface area contributed by atoms with Crippen molar-refractivity contribution in [2.45, 2.75) is 32.2 Å². The van der Waals surface area contributed by atoms with Crippen LogP contribution in [0.5, 0.6) is 0 Å². The number of aryl methyl sites for hydroxylation is 2. The molecule has 0 spiro atoms. The fourth-order valence-electron chi connectivity index (χ4n) is 2.54. The molecule has 0 aliphatic carbocycles. The summed E-state index contributed by atoms with van der Waals surface area (Å²) >= 11 is 0. The lowest BCUT2D eigenvalue weighted by atomic mass is 10.1. The van der Waals surface area contributed by atoms with Gasteiger partial charge in [0.1, 0.15) is 0 Å². The minimum Gasteiger partial charge on any atom is -0.326 e. The highest BCUT2D eigenvalue weighted by molar-refractivity contribution is 7.89. The molecule has 3 aromatic rings. The fraction of sp³-hybridized carbons (Fsp3) is 0.222. The van der Waals surface area contributed by atoms with Gasteiger partial charge in [0.25, 0.3) is 0 Å². The van der Waals surface area contributed by atoms with Crippen LogP contribution in [0.25, 0.3) is 5.69 Å². The van der Waals surface area contributed by atoms with E-state index in [4.69, 9.17) is 0 Å². The lowest BCUT2D eigenvalue weighted by Gasteiger charge is -2.09. The Labute approximate surface area is 162 Å². The van der Waals surface area contributed by atoms with Crippen LogP contribution >= 0.6 is 0 Å². The van der Waals surface area contributed by atoms with Gasteiger partial charge in [-0.15, -0.1) is 5.10 Å². The standard InChI is InChI=1S/C18H20N6O3S/c1-12-4-7-16(10-13(12)2)24-18(21-22-23-24)11-19-28(26,27)17-8-5-15(6-9-17)20-14(3)25/h4-10,19H,11H2,1-3H3,(H,20,25). The third-order valence-electron chi connectivity index (χ3n) is 4.17. The largest absolute Gasteiger partial charge is 0.326 e. The van der Waals surface area contributed by atoms with Crippen LogP contribution in [0.3, 0.4) is 0 Å². The van der Waals surface area contributed by atoms with Gasteiger partial charge < -0.3 is 5.32 Å². The fourth-order valence-corrected chi connectivity index (χ4v) is 3.52. The van der Waals surface area contributed by atoms with Gasteiger partial charge in [0.2, 0.25) is 15.9 Å². The van der Waals surface area contributed by atoms with E-state index in [2.05, 4.69) is 25.6 Å². The number of anilines is 1. The Hall–Kier alpha value is -3.11. The van der Waals surface area contributed by atoms with Crippen molar-refractivity contribution in [3.05, 3.63) is 59.4 Å². The topological polar surface area (TPSA) is 119 Å². The minimum absolute atomic E-state index is 0.0737. The molecule has 0 radical (unpaired) electrons. The average molecular weight is 400 g/mol. The van der Waals surface area contributed by atoms with Crippen molar-refractivity contribution >= 4 is 21.6 Å². The molecule has 0 fully saturated rings. The van der Waals surface area contributed by atoms with E-state index in [1.807, 2.05) is 32.0 Å². The first-order valence-corrected chi connectivity index (χ1v) is 9.97. The maximum absolute atomic E-state index is 12.5. The van der Waals surface area contributed by atoms with Crippen molar-refractivity contribution < 1.29 is 13.2 Å². The zero-order chi connectivity index (χ0) is 20.3. The second kappa shape index (κ2) is 7.87. The summed E-state index contributed by atoms with van der Waals surface area (Å²) in [6, 6.07) is 11.6. The highest BCUT2D eigenvalue weighted by Gasteiger charge is 2.17. The first-order valence-electron chi connectivity index (χ1n) is 8.48. The molecule has 0 saturated heterocycles. The molecule has 10 heteroatoms. The van der Waals surface area contributed by atoms with Gasteiger partial charge in [0, 0.05) is 12.6 Å². The van der Waals surface area contributed by atoms with Gasteiger partial charge >= 0.3 is 0 Å². The second-order valence-corrected chi connectivity index (χ2v) is 8.07. The van der Waals surface area contributed by atoms with Gasteiger partial charge in [-0.1, -0.05) is 6.07 Å². The normalized spacial score (nSPS) is 11.4. The molecule has 28 heavy (non-hydrogen) atoms. The Balaban J connectivity index is 1.76. The van der Waals surface area contributed by atoms with E-state index in [0.29, 0.717) is 11.5 Å². The molecule has 1 aromatic heterocycles. The van der Waals surface area contributed by atoms with Crippen LogP contribution in [0, 0.1) is 13.8 Å². The predicted octanol–water partition coefficient (Wildman–Crippen LogP) is 1.72. The Morgan fingerprint density at radius 2 is 1.79 bits per heavy atom. The lowest BCUT2D eigenvalue weighted by Crippen LogP contribution is -2.25. The first-order chi connectivity index (χ1) is 13.3. The maximum Gasteiger partial charge on any atom is 0.240 e. The zero-order valence-corrected chi connectivity index (χ0v) is 16.5. The molecule has 9 nitrogen and oxygen atoms in total. The highest BCUT2D eigenvalue weighted by Crippen LogP contribution is 2.16. The molecule has 1 heterocycles. The summed E-state index contributed by atoms with van der Waals surface area (Å²) in [5.41, 5.74) is 3.49. The van der Waals surface area contributed by atoms with Crippen molar-refractivity contribution in [2.24, 2.45) is 0 Å². The number of aromatic nitrogens is 4. The molecule has 0 saturated carbocycles. The number of nitrogens with one attached hydrogen (secondary N) is 2. The minimum atomic E-state index is -3.77. The van der Waals surface area contributed by atoms with Gasteiger partial charge in [-0.3, -0.25) is 4.79 Å². The predicted molar refractivity (Wildman–Crippen MR) is 103 cm³/mol. The Kier molecular flexibility index (Phi) is 5.52. The van der Waals surface area contributed by atoms with E-state index in [1.54, 1.807) is 0 Å². The van der Waals surface area contributed by atoms with Gasteiger partial charge in [-0.25, -0.2) is 13.1 Å². The maximum atomic E-state index is 12.5. The summed E-state index contributed by atoms with van der Waals surface area (Å²) in [6.45, 7) is 5.29. The summed E-state index contributed by atoms with van der Waals surface area (Å²) in [6.07, 6.45) is 0. The molecular weight excluding hydrogens is 380 g/mol. The third-order valence-corrected chi connectivity index (χ3v) is 5.59. The van der Waals surface area contributed by atoms with Crippen LogP contribution in [-0.2, 0) is 21.4 Å². The lowest BCUT2D eigenvalue weighted by molar-refractivity contribution is -0.114. The number of hydrogen-bond acceptors (Lipinski definition) is 6. The number of amides is 1. The molecule has 3 rings (SSSR count). The van der Waals surface area contributed by atoms with Crippen molar-refractivity contribution in [2.75, 3.05) is 5.32 Å². The van der Waals surface area contributed by atoms with Gasteiger partial charge in [-0.05, 0) is 71.8 Å². The summed E-state index contributed by atoms with van der Waals surface area (Å²) in [5, 5.41) is 14.1. The van der Waals surface area contributed by atoms with E-state index in [0.717, 1.165) is 16.8 Å². The molecule has 0 aliphatic heterocycles. The molecular formula is C18H20N6O3S. The second-order valence-electron chi connectivity index (χ2n) is 6.31. The third kappa shape index (κ3) is 4.41.